The van der Waals surface area contributed by atoms with Crippen molar-refractivity contribution in [2.24, 2.45) is 5.10 Å². The molecule has 0 spiro atoms. The second kappa shape index (κ2) is 8.12. The number of hydrazone groups is 1. The minimum absolute atomic E-state index is 0.154. The zero-order valence-corrected chi connectivity index (χ0v) is 17.1. The van der Waals surface area contributed by atoms with Crippen molar-refractivity contribution in [1.82, 2.24) is 5.43 Å². The summed E-state index contributed by atoms with van der Waals surface area (Å²) in [4.78, 5) is 11.7. The lowest BCUT2D eigenvalue weighted by Gasteiger charge is -2.10. The van der Waals surface area contributed by atoms with E-state index in [0.29, 0.717) is 11.5 Å². The number of rotatable bonds is 5. The molecule has 1 aromatic carbocycles. The Morgan fingerprint density at radius 1 is 1.22 bits per heavy atom. The third kappa shape index (κ3) is 5.19. The maximum Gasteiger partial charge on any atom is 0.277 e. The van der Waals surface area contributed by atoms with Gasteiger partial charge < -0.3 is 9.15 Å². The van der Waals surface area contributed by atoms with Gasteiger partial charge in [0.1, 0.15) is 17.3 Å². The molecule has 0 unspecified atom stereocenters. The van der Waals surface area contributed by atoms with Crippen LogP contribution in [0.15, 0.2) is 41.1 Å². The van der Waals surface area contributed by atoms with Gasteiger partial charge in [-0.3, -0.25) is 4.79 Å². The van der Waals surface area contributed by atoms with Crippen LogP contribution in [0.3, 0.4) is 0 Å². The van der Waals surface area contributed by atoms with Crippen molar-refractivity contribution in [2.75, 3.05) is 6.61 Å². The maximum atomic E-state index is 11.7. The summed E-state index contributed by atoms with van der Waals surface area (Å²) >= 11 is 10.1. The Morgan fingerprint density at radius 3 is 2.43 bits per heavy atom. The molecule has 2 aromatic rings. The Bertz CT molecular complexity index is 714. The summed E-state index contributed by atoms with van der Waals surface area (Å²) in [5, 5.41) is 3.82. The molecule has 8 heteroatoms. The number of carbonyl (C=O) groups is 1. The maximum absolute atomic E-state index is 11.7. The fraction of sp³-hybridized carbons (Fsp3) is 0.200. The highest BCUT2D eigenvalue weighted by Crippen LogP contribution is 2.34. The molecule has 0 aliphatic carbocycles. The number of aryl methyl sites for hydroxylation is 2. The van der Waals surface area contributed by atoms with Gasteiger partial charge in [0, 0.05) is 6.07 Å². The number of halogens is 3. The van der Waals surface area contributed by atoms with Crippen LogP contribution >= 0.6 is 47.8 Å². The van der Waals surface area contributed by atoms with E-state index < -0.39 is 0 Å². The van der Waals surface area contributed by atoms with Gasteiger partial charge in [0.25, 0.3) is 5.91 Å². The van der Waals surface area contributed by atoms with E-state index in [0.717, 1.165) is 24.7 Å². The molecule has 0 aliphatic rings. The van der Waals surface area contributed by atoms with E-state index in [2.05, 4.69) is 58.3 Å². The molecule has 0 radical (unpaired) electrons. The predicted octanol–water partition coefficient (Wildman–Crippen LogP) is 4.71. The molecule has 122 valence electrons. The van der Waals surface area contributed by atoms with E-state index in [1.807, 2.05) is 26.0 Å². The summed E-state index contributed by atoms with van der Waals surface area (Å²) in [5.41, 5.74) is 3.45. The van der Waals surface area contributed by atoms with Crippen LogP contribution in [0.2, 0.25) is 0 Å². The fourth-order valence-corrected chi connectivity index (χ4v) is 3.66. The Balaban J connectivity index is 1.88. The lowest BCUT2D eigenvalue weighted by atomic mass is 10.2. The largest absolute Gasteiger partial charge is 0.481 e. The number of hydrogen-bond donors (Lipinski definition) is 1. The van der Waals surface area contributed by atoms with Crippen molar-refractivity contribution in [3.63, 3.8) is 0 Å². The molecule has 0 bridgehead atoms. The number of benzene rings is 1. The molecule has 0 aliphatic heterocycles. The fourth-order valence-electron chi connectivity index (χ4n) is 1.71. The van der Waals surface area contributed by atoms with Crippen LogP contribution in [-0.2, 0) is 4.79 Å². The van der Waals surface area contributed by atoms with E-state index in [9.17, 15) is 4.79 Å². The minimum Gasteiger partial charge on any atom is -0.481 e. The standard InChI is InChI=1S/C15H13Br3N2O3/c1-8-3-12(17)15(13(18)4-8)22-7-14(21)20-19-6-10-5-11(16)9(2)23-10/h3-6H,7H2,1-2H3,(H,20,21)/b19-6-. The summed E-state index contributed by atoms with van der Waals surface area (Å²) < 4.78 is 13.3. The molecule has 0 fully saturated rings. The Hall–Kier alpha value is -1.12. The molecule has 1 N–H and O–H groups in total. The second-order valence-corrected chi connectivity index (χ2v) is 7.26. The highest BCUT2D eigenvalue weighted by Gasteiger charge is 2.10. The summed E-state index contributed by atoms with van der Waals surface area (Å²) in [7, 11) is 0. The monoisotopic (exact) mass is 506 g/mol. The quantitative estimate of drug-likeness (QED) is 0.470. The number of ether oxygens (including phenoxy) is 1. The number of amides is 1. The van der Waals surface area contributed by atoms with Crippen LogP contribution in [-0.4, -0.2) is 18.7 Å². The molecule has 0 atom stereocenters. The highest BCUT2D eigenvalue weighted by atomic mass is 79.9. The molecule has 1 heterocycles. The van der Waals surface area contributed by atoms with E-state index in [1.54, 1.807) is 6.07 Å². The van der Waals surface area contributed by atoms with Crippen LogP contribution in [0.5, 0.6) is 5.75 Å². The van der Waals surface area contributed by atoms with Crippen molar-refractivity contribution >= 4 is 59.9 Å². The topological polar surface area (TPSA) is 63.8 Å². The van der Waals surface area contributed by atoms with Gasteiger partial charge in [0.15, 0.2) is 6.61 Å². The van der Waals surface area contributed by atoms with Gasteiger partial charge >= 0.3 is 0 Å². The molecule has 0 saturated carbocycles. The molecule has 1 amide bonds. The van der Waals surface area contributed by atoms with Gasteiger partial charge in [-0.15, -0.1) is 0 Å². The van der Waals surface area contributed by atoms with Crippen LogP contribution in [0.25, 0.3) is 0 Å². The van der Waals surface area contributed by atoms with E-state index >= 15 is 0 Å². The molecule has 0 saturated heterocycles. The smallest absolute Gasteiger partial charge is 0.277 e. The van der Waals surface area contributed by atoms with E-state index in [4.69, 9.17) is 9.15 Å². The van der Waals surface area contributed by atoms with Crippen molar-refractivity contribution in [3.05, 3.63) is 48.7 Å². The van der Waals surface area contributed by atoms with E-state index in [-0.39, 0.29) is 12.5 Å². The summed E-state index contributed by atoms with van der Waals surface area (Å²) in [6, 6.07) is 5.59. The molecule has 2 rings (SSSR count). The van der Waals surface area contributed by atoms with Crippen LogP contribution in [0, 0.1) is 13.8 Å². The number of hydrogen-bond acceptors (Lipinski definition) is 4. The van der Waals surface area contributed by atoms with E-state index in [1.165, 1.54) is 6.21 Å². The zero-order chi connectivity index (χ0) is 17.0. The SMILES string of the molecule is Cc1cc(Br)c(OCC(=O)N/N=C\c2cc(Br)c(C)o2)c(Br)c1. The van der Waals surface area contributed by atoms with Crippen molar-refractivity contribution in [1.29, 1.82) is 0 Å². The molecular weight excluding hydrogens is 496 g/mol. The van der Waals surface area contributed by atoms with Crippen molar-refractivity contribution in [3.8, 4) is 5.75 Å². The summed E-state index contributed by atoms with van der Waals surface area (Å²) in [6.45, 7) is 3.64. The Kier molecular flexibility index (Phi) is 6.43. The zero-order valence-electron chi connectivity index (χ0n) is 12.3. The van der Waals surface area contributed by atoms with Gasteiger partial charge in [-0.05, 0) is 79.3 Å². The number of nitrogens with zero attached hydrogens (tertiary/aromatic N) is 1. The van der Waals surface area contributed by atoms with Crippen molar-refractivity contribution < 1.29 is 13.9 Å². The first-order valence-electron chi connectivity index (χ1n) is 6.53. The molecular formula is C15H13Br3N2O3. The average molecular weight is 509 g/mol. The lowest BCUT2D eigenvalue weighted by molar-refractivity contribution is -0.123. The Labute approximate surface area is 158 Å². The van der Waals surface area contributed by atoms with Crippen molar-refractivity contribution in [2.45, 2.75) is 13.8 Å². The number of carbonyl (C=O) groups excluding carboxylic acids is 1. The molecule has 5 nitrogen and oxygen atoms in total. The highest BCUT2D eigenvalue weighted by molar-refractivity contribution is 9.11. The van der Waals surface area contributed by atoms with Crippen LogP contribution in [0.1, 0.15) is 17.1 Å². The summed E-state index contributed by atoms with van der Waals surface area (Å²) in [6.07, 6.45) is 1.42. The molecule has 23 heavy (non-hydrogen) atoms. The minimum atomic E-state index is -0.372. The van der Waals surface area contributed by atoms with Gasteiger partial charge in [0.2, 0.25) is 0 Å². The predicted molar refractivity (Wildman–Crippen MR) is 99.0 cm³/mol. The first-order chi connectivity index (χ1) is 10.9. The first kappa shape index (κ1) is 18.2. The average Bonchev–Trinajstić information content (AvgIpc) is 2.76. The number of furan rings is 1. The van der Waals surface area contributed by atoms with Crippen LogP contribution in [0.4, 0.5) is 0 Å². The van der Waals surface area contributed by atoms with Gasteiger partial charge in [0.05, 0.1) is 19.6 Å². The molecule has 1 aromatic heterocycles. The van der Waals surface area contributed by atoms with Gasteiger partial charge in [-0.25, -0.2) is 5.43 Å². The second-order valence-electron chi connectivity index (χ2n) is 4.69. The third-order valence-electron chi connectivity index (χ3n) is 2.75. The van der Waals surface area contributed by atoms with Gasteiger partial charge in [-0.2, -0.15) is 5.10 Å². The summed E-state index contributed by atoms with van der Waals surface area (Å²) in [5.74, 6) is 1.48. The van der Waals surface area contributed by atoms with Crippen LogP contribution < -0.4 is 10.2 Å². The third-order valence-corrected chi connectivity index (χ3v) is 4.71. The van der Waals surface area contributed by atoms with Gasteiger partial charge in [-0.1, -0.05) is 0 Å². The first-order valence-corrected chi connectivity index (χ1v) is 8.91. The lowest BCUT2D eigenvalue weighted by Crippen LogP contribution is -2.24. The number of nitrogens with one attached hydrogen (secondary N) is 1. The normalized spacial score (nSPS) is 11.0. The Morgan fingerprint density at radius 2 is 1.87 bits per heavy atom.